The fourth-order valence-corrected chi connectivity index (χ4v) is 2.88. The Morgan fingerprint density at radius 1 is 1.05 bits per heavy atom. The maximum atomic E-state index is 11.1. The van der Waals surface area contributed by atoms with Crippen LogP contribution < -0.4 is 4.90 Å². The largest absolute Gasteiger partial charge is 0.352 e. The van der Waals surface area contributed by atoms with Crippen molar-refractivity contribution in [3.05, 3.63) is 64.6 Å². The van der Waals surface area contributed by atoms with E-state index in [1.165, 1.54) is 0 Å². The van der Waals surface area contributed by atoms with Gasteiger partial charge in [0.2, 0.25) is 0 Å². The van der Waals surface area contributed by atoms with Crippen LogP contribution in [0.4, 0.5) is 5.69 Å². The molecule has 0 radical (unpaired) electrons. The molecule has 0 aromatic heterocycles. The van der Waals surface area contributed by atoms with E-state index < -0.39 is 11.1 Å². The van der Waals surface area contributed by atoms with E-state index in [4.69, 9.17) is 4.55 Å². The van der Waals surface area contributed by atoms with Gasteiger partial charge in [-0.3, -0.25) is 0 Å². The number of hydrogen-bond acceptors (Lipinski definition) is 2. The zero-order valence-corrected chi connectivity index (χ0v) is 12.6. The number of para-hydroxylation sites is 1. The van der Waals surface area contributed by atoms with E-state index >= 15 is 0 Å². The molecule has 1 atom stereocenters. The Balaban J connectivity index is 2.26. The molecule has 0 saturated carbocycles. The lowest BCUT2D eigenvalue weighted by molar-refractivity contribution is 0.561. The second-order valence-corrected chi connectivity index (χ2v) is 5.84. The molecule has 0 amide bonds. The molecular weight excluding hydrogens is 326 g/mol. The molecule has 3 nitrogen and oxygen atoms in total. The molecule has 0 aliphatic rings. The lowest BCUT2D eigenvalue weighted by Crippen LogP contribution is -2.26. The van der Waals surface area contributed by atoms with Crippen LogP contribution in [0.3, 0.4) is 0 Å². The fourth-order valence-electron chi connectivity index (χ4n) is 1.85. The van der Waals surface area contributed by atoms with Crippen LogP contribution in [0.15, 0.2) is 59.1 Å². The third-order valence-electron chi connectivity index (χ3n) is 2.68. The van der Waals surface area contributed by atoms with Gasteiger partial charge in [-0.25, -0.2) is 4.21 Å². The molecule has 100 valence electrons. The summed E-state index contributed by atoms with van der Waals surface area (Å²) in [5.41, 5.74) is 2.01. The van der Waals surface area contributed by atoms with Crippen LogP contribution in [0.1, 0.15) is 5.56 Å². The number of rotatable bonds is 5. The molecule has 0 spiro atoms. The summed E-state index contributed by atoms with van der Waals surface area (Å²) in [6, 6.07) is 17.6. The van der Waals surface area contributed by atoms with Gasteiger partial charge in [0.05, 0.1) is 5.69 Å². The first kappa shape index (κ1) is 14.2. The molecule has 19 heavy (non-hydrogen) atoms. The molecule has 0 aliphatic heterocycles. The topological polar surface area (TPSA) is 40.5 Å². The SMILES string of the molecule is O=S(O)CN(Cc1ccccc1)c1ccccc1Br. The minimum Gasteiger partial charge on any atom is -0.352 e. The van der Waals surface area contributed by atoms with Crippen molar-refractivity contribution >= 4 is 32.7 Å². The highest BCUT2D eigenvalue weighted by atomic mass is 79.9. The van der Waals surface area contributed by atoms with E-state index in [2.05, 4.69) is 15.9 Å². The molecule has 0 bridgehead atoms. The van der Waals surface area contributed by atoms with Gasteiger partial charge in [-0.15, -0.1) is 0 Å². The van der Waals surface area contributed by atoms with Crippen LogP contribution in [0.25, 0.3) is 0 Å². The summed E-state index contributed by atoms with van der Waals surface area (Å²) in [5, 5.41) is 0. The summed E-state index contributed by atoms with van der Waals surface area (Å²) in [4.78, 5) is 1.88. The zero-order chi connectivity index (χ0) is 13.7. The van der Waals surface area contributed by atoms with Gasteiger partial charge in [-0.05, 0) is 33.6 Å². The smallest absolute Gasteiger partial charge is 0.173 e. The lowest BCUT2D eigenvalue weighted by atomic mass is 10.2. The van der Waals surface area contributed by atoms with E-state index in [9.17, 15) is 4.21 Å². The third kappa shape index (κ3) is 4.16. The summed E-state index contributed by atoms with van der Waals surface area (Å²) >= 11 is 1.60. The van der Waals surface area contributed by atoms with Crippen molar-refractivity contribution < 1.29 is 8.76 Å². The van der Waals surface area contributed by atoms with Gasteiger partial charge >= 0.3 is 0 Å². The zero-order valence-electron chi connectivity index (χ0n) is 10.2. The molecular formula is C14H14BrNO2S. The first-order chi connectivity index (χ1) is 9.16. The number of anilines is 1. The Kier molecular flexibility index (Phi) is 5.13. The molecule has 1 N–H and O–H groups in total. The average Bonchev–Trinajstić information content (AvgIpc) is 2.39. The summed E-state index contributed by atoms with van der Waals surface area (Å²) < 4.78 is 21.2. The Labute approximate surface area is 123 Å². The minimum absolute atomic E-state index is 0.0809. The minimum atomic E-state index is -1.87. The van der Waals surface area contributed by atoms with Gasteiger partial charge in [-0.1, -0.05) is 42.5 Å². The van der Waals surface area contributed by atoms with Crippen LogP contribution in [-0.2, 0) is 17.6 Å². The highest BCUT2D eigenvalue weighted by molar-refractivity contribution is 9.10. The fraction of sp³-hybridized carbons (Fsp3) is 0.143. The second kappa shape index (κ2) is 6.84. The highest BCUT2D eigenvalue weighted by Crippen LogP contribution is 2.27. The number of hydrogen-bond donors (Lipinski definition) is 1. The molecule has 0 fully saturated rings. The van der Waals surface area contributed by atoms with Crippen LogP contribution in [-0.4, -0.2) is 14.6 Å². The summed E-state index contributed by atoms with van der Waals surface area (Å²) in [7, 11) is 0. The quantitative estimate of drug-likeness (QED) is 0.845. The monoisotopic (exact) mass is 339 g/mol. The Hall–Kier alpha value is -1.17. The van der Waals surface area contributed by atoms with Crippen molar-refractivity contribution in [1.82, 2.24) is 0 Å². The summed E-state index contributed by atoms with van der Waals surface area (Å²) in [6.45, 7) is 0.593. The van der Waals surface area contributed by atoms with Crippen molar-refractivity contribution in [3.8, 4) is 0 Å². The van der Waals surface area contributed by atoms with E-state index in [1.54, 1.807) is 0 Å². The Morgan fingerprint density at radius 2 is 1.68 bits per heavy atom. The Bertz CT molecular complexity index is 562. The molecule has 2 aromatic carbocycles. The summed E-state index contributed by atoms with van der Waals surface area (Å²) in [6.07, 6.45) is 0. The predicted octanol–water partition coefficient (Wildman–Crippen LogP) is 3.63. The Morgan fingerprint density at radius 3 is 2.32 bits per heavy atom. The van der Waals surface area contributed by atoms with Gasteiger partial charge in [0, 0.05) is 11.0 Å². The predicted molar refractivity (Wildman–Crippen MR) is 82.4 cm³/mol. The maximum Gasteiger partial charge on any atom is 0.173 e. The van der Waals surface area contributed by atoms with E-state index in [1.807, 2.05) is 59.5 Å². The van der Waals surface area contributed by atoms with Crippen LogP contribution in [0, 0.1) is 0 Å². The van der Waals surface area contributed by atoms with Crippen LogP contribution >= 0.6 is 15.9 Å². The number of benzene rings is 2. The van der Waals surface area contributed by atoms with Crippen molar-refractivity contribution in [2.24, 2.45) is 0 Å². The third-order valence-corrected chi connectivity index (χ3v) is 3.88. The lowest BCUT2D eigenvalue weighted by Gasteiger charge is -2.24. The van der Waals surface area contributed by atoms with Crippen LogP contribution in [0.5, 0.6) is 0 Å². The number of nitrogens with zero attached hydrogens (tertiary/aromatic N) is 1. The van der Waals surface area contributed by atoms with Crippen molar-refractivity contribution in [2.45, 2.75) is 6.54 Å². The summed E-state index contributed by atoms with van der Waals surface area (Å²) in [5.74, 6) is 0.0809. The van der Waals surface area contributed by atoms with Crippen LogP contribution in [0.2, 0.25) is 0 Å². The first-order valence-electron chi connectivity index (χ1n) is 5.77. The standard InChI is InChI=1S/C14H14BrNO2S/c15-13-8-4-5-9-14(13)16(11-19(17)18)10-12-6-2-1-3-7-12/h1-9H,10-11H2,(H,17,18). The normalized spacial score (nSPS) is 12.1. The van der Waals surface area contributed by atoms with Gasteiger partial charge in [0.15, 0.2) is 11.1 Å². The molecule has 0 aliphatic carbocycles. The first-order valence-corrected chi connectivity index (χ1v) is 7.84. The van der Waals surface area contributed by atoms with E-state index in [-0.39, 0.29) is 5.88 Å². The molecule has 0 heterocycles. The van der Waals surface area contributed by atoms with Gasteiger partial charge in [0.1, 0.15) is 5.88 Å². The van der Waals surface area contributed by atoms with Gasteiger partial charge in [0.25, 0.3) is 0 Å². The molecule has 2 rings (SSSR count). The van der Waals surface area contributed by atoms with Gasteiger partial charge in [-0.2, -0.15) is 0 Å². The van der Waals surface area contributed by atoms with E-state index in [0.29, 0.717) is 6.54 Å². The molecule has 5 heteroatoms. The highest BCUT2D eigenvalue weighted by Gasteiger charge is 2.12. The average molecular weight is 340 g/mol. The van der Waals surface area contributed by atoms with E-state index in [0.717, 1.165) is 15.7 Å². The second-order valence-electron chi connectivity index (χ2n) is 4.09. The van der Waals surface area contributed by atoms with Crippen molar-refractivity contribution in [1.29, 1.82) is 0 Å². The number of halogens is 1. The van der Waals surface area contributed by atoms with Crippen molar-refractivity contribution in [3.63, 3.8) is 0 Å². The molecule has 1 unspecified atom stereocenters. The van der Waals surface area contributed by atoms with Crippen molar-refractivity contribution in [2.75, 3.05) is 10.8 Å². The molecule has 0 saturated heterocycles. The molecule has 2 aromatic rings. The van der Waals surface area contributed by atoms with Gasteiger partial charge < -0.3 is 9.45 Å². The maximum absolute atomic E-state index is 11.1.